The van der Waals surface area contributed by atoms with Crippen molar-refractivity contribution in [2.75, 3.05) is 88.2 Å². The molecule has 3 aromatic heterocycles. The van der Waals surface area contributed by atoms with E-state index in [0.717, 1.165) is 114 Å². The Balaban J connectivity index is 1.02. The summed E-state index contributed by atoms with van der Waals surface area (Å²) in [6, 6.07) is 29.7. The third-order valence-corrected chi connectivity index (χ3v) is 13.2. The van der Waals surface area contributed by atoms with Gasteiger partial charge in [0.15, 0.2) is 0 Å². The molecule has 9 heteroatoms. The van der Waals surface area contributed by atoms with Gasteiger partial charge in [-0.25, -0.2) is 9.97 Å². The van der Waals surface area contributed by atoms with Crippen LogP contribution in [0.3, 0.4) is 0 Å². The van der Waals surface area contributed by atoms with E-state index in [1.807, 2.05) is 0 Å². The van der Waals surface area contributed by atoms with Gasteiger partial charge in [0.05, 0.1) is 97.9 Å². The Morgan fingerprint density at radius 1 is 0.493 bits per heavy atom. The lowest BCUT2D eigenvalue weighted by atomic mass is 10.0. The summed E-state index contributed by atoms with van der Waals surface area (Å²) >= 11 is 0. The van der Waals surface area contributed by atoms with Crippen LogP contribution in [0.2, 0.25) is 0 Å². The summed E-state index contributed by atoms with van der Waals surface area (Å²) in [5.41, 5.74) is 11.8. The van der Waals surface area contributed by atoms with Gasteiger partial charge in [-0.15, -0.1) is 0 Å². The van der Waals surface area contributed by atoms with E-state index < -0.39 is 0 Å². The second kappa shape index (κ2) is 24.0. The molecule has 5 heterocycles. The third kappa shape index (κ3) is 15.3. The molecule has 0 saturated heterocycles. The number of likely N-dealkylation sites (N-methyl/N-ethyl adjacent to an activating group) is 2. The minimum absolute atomic E-state index is 0.698. The van der Waals surface area contributed by atoms with Crippen LogP contribution in [0.15, 0.2) is 84.9 Å². The van der Waals surface area contributed by atoms with E-state index in [1.165, 1.54) is 90.4 Å². The molecule has 67 heavy (non-hydrogen) atoms. The van der Waals surface area contributed by atoms with Crippen LogP contribution in [0.1, 0.15) is 107 Å². The summed E-state index contributed by atoms with van der Waals surface area (Å²) in [7, 11) is 13.8. The number of aromatic amines is 2. The number of H-pyrrole nitrogens is 2. The van der Waals surface area contributed by atoms with E-state index in [0.29, 0.717) is 6.61 Å². The molecule has 2 aromatic carbocycles. The van der Waals surface area contributed by atoms with Crippen LogP contribution in [0.5, 0.6) is 11.5 Å². The number of fused-ring (bicyclic) bond motifs is 8. The van der Waals surface area contributed by atoms with Crippen LogP contribution in [0.25, 0.3) is 68.6 Å². The van der Waals surface area contributed by atoms with Crippen LogP contribution >= 0.6 is 0 Å². The van der Waals surface area contributed by atoms with Gasteiger partial charge in [-0.2, -0.15) is 0 Å². The molecule has 1 atom stereocenters. The van der Waals surface area contributed by atoms with Crippen molar-refractivity contribution in [3.8, 4) is 33.8 Å². The van der Waals surface area contributed by atoms with E-state index >= 15 is 0 Å². The molecule has 2 aliphatic heterocycles. The Morgan fingerprint density at radius 3 is 1.45 bits per heavy atom. The largest absolute Gasteiger partial charge is 0.494 e. The highest BCUT2D eigenvalue weighted by atomic mass is 16.5. The molecule has 7 rings (SSSR count). The van der Waals surface area contributed by atoms with E-state index in [9.17, 15) is 0 Å². The van der Waals surface area contributed by atoms with Crippen LogP contribution < -0.4 is 14.4 Å². The van der Waals surface area contributed by atoms with Gasteiger partial charge in [0.1, 0.15) is 24.6 Å². The number of hydrogen-bond acceptors (Lipinski definition) is 4. The fourth-order valence-corrected chi connectivity index (χ4v) is 9.15. The molecule has 3 N–H and O–H groups in total. The van der Waals surface area contributed by atoms with Crippen molar-refractivity contribution < 1.29 is 23.3 Å². The maximum atomic E-state index is 6.30. The van der Waals surface area contributed by atoms with Gasteiger partial charge in [0.25, 0.3) is 0 Å². The van der Waals surface area contributed by atoms with Crippen molar-refractivity contribution in [2.45, 2.75) is 84.0 Å². The number of aromatic nitrogens is 4. The maximum absolute atomic E-state index is 6.30. The smallest absolute Gasteiger partial charge is 0.128 e. The number of rotatable bonds is 26. The number of unbranched alkanes of at least 4 members (excludes halogenated alkanes) is 9. The number of quaternary nitrogens is 3. The summed E-state index contributed by atoms with van der Waals surface area (Å²) in [4.78, 5) is 19.3. The first-order valence-electron chi connectivity index (χ1n) is 25.4. The molecule has 0 aliphatic carbocycles. The summed E-state index contributed by atoms with van der Waals surface area (Å²) < 4.78 is 14.5. The molecule has 0 fully saturated rings. The van der Waals surface area contributed by atoms with E-state index in [4.69, 9.17) is 19.4 Å². The average Bonchev–Trinajstić information content (AvgIpc) is 4.15. The van der Waals surface area contributed by atoms with Crippen LogP contribution in [0, 0.1) is 0 Å². The van der Waals surface area contributed by atoms with Crippen molar-refractivity contribution in [3.63, 3.8) is 0 Å². The molecule has 2 aliphatic rings. The highest BCUT2D eigenvalue weighted by Crippen LogP contribution is 2.34. The first kappa shape index (κ1) is 49.4. The summed E-state index contributed by atoms with van der Waals surface area (Å²) in [5.74, 6) is 1.79. The summed E-state index contributed by atoms with van der Waals surface area (Å²) in [6.07, 6.45) is 23.8. The Kier molecular flexibility index (Phi) is 17.7. The lowest BCUT2D eigenvalue weighted by Crippen LogP contribution is -3.10. The molecule has 0 amide bonds. The highest BCUT2D eigenvalue weighted by molar-refractivity contribution is 5.93. The van der Waals surface area contributed by atoms with Crippen molar-refractivity contribution in [3.05, 3.63) is 108 Å². The Hall–Kier alpha value is -5.48. The quantitative estimate of drug-likeness (QED) is 0.0374. The molecule has 5 aromatic rings. The fraction of sp³-hybridized carbons (Fsp3) is 0.448. The topological polar surface area (TPSA) is 80.3 Å². The van der Waals surface area contributed by atoms with Crippen LogP contribution in [-0.4, -0.2) is 117 Å². The first-order valence-corrected chi connectivity index (χ1v) is 25.4. The summed E-state index contributed by atoms with van der Waals surface area (Å²) in [5, 5.41) is 0. The minimum Gasteiger partial charge on any atom is -0.494 e. The fourth-order valence-electron chi connectivity index (χ4n) is 9.15. The van der Waals surface area contributed by atoms with Crippen molar-refractivity contribution in [1.82, 2.24) is 19.9 Å². The third-order valence-electron chi connectivity index (χ3n) is 13.2. The molecule has 1 unspecified atom stereocenters. The molecule has 0 radical (unpaired) electrons. The van der Waals surface area contributed by atoms with Crippen LogP contribution in [0.4, 0.5) is 0 Å². The number of ether oxygens (including phenoxy) is 2. The molecular formula is C58H80N7O2+3. The number of benzene rings is 2. The lowest BCUT2D eigenvalue weighted by molar-refractivity contribution is -0.937. The normalized spacial score (nSPS) is 13.1. The van der Waals surface area contributed by atoms with Gasteiger partial charge in [-0.3, -0.25) is 0 Å². The van der Waals surface area contributed by atoms with Crippen LogP contribution in [-0.2, 0) is 0 Å². The molecule has 356 valence electrons. The van der Waals surface area contributed by atoms with Gasteiger partial charge in [-0.05, 0) is 103 Å². The lowest BCUT2D eigenvalue weighted by Gasteiger charge is -2.30. The van der Waals surface area contributed by atoms with E-state index in [1.54, 1.807) is 4.90 Å². The minimum atomic E-state index is 0.698. The molecule has 0 saturated carbocycles. The summed E-state index contributed by atoms with van der Waals surface area (Å²) in [6.45, 7) is 9.64. The Bertz CT molecular complexity index is 2560. The molecule has 9 nitrogen and oxygen atoms in total. The molecular weight excluding hydrogens is 827 g/mol. The van der Waals surface area contributed by atoms with Gasteiger partial charge in [-0.1, -0.05) is 89.0 Å². The van der Waals surface area contributed by atoms with Gasteiger partial charge >= 0.3 is 0 Å². The van der Waals surface area contributed by atoms with Gasteiger partial charge in [0.2, 0.25) is 0 Å². The Morgan fingerprint density at radius 2 is 0.955 bits per heavy atom. The van der Waals surface area contributed by atoms with Gasteiger partial charge in [0, 0.05) is 46.0 Å². The zero-order valence-corrected chi connectivity index (χ0v) is 41.9. The number of nitrogens with one attached hydrogen (secondary N) is 3. The van der Waals surface area contributed by atoms with Crippen molar-refractivity contribution in [2.24, 2.45) is 0 Å². The zero-order chi connectivity index (χ0) is 47.1. The standard InChI is InChI=1S/C58H79N7O2/c1-8-9-10-11-12-13-14-15-16-17-41-66-51-28-20-45(21-29-51)57-53-32-24-47(59-53)43-49-26-34-55(61-49)58(56-35-27-50(62-56)44-48-25-33-54(57)60-48)46-22-30-52(31-23-46)67-42-19-39-65(6,7)38-18-36-63(2)37-40-64(3,4)5/h20-35,43-44,59,62H,8-19,36-42H2,1-7H3/q+2/p+1. The van der Waals surface area contributed by atoms with E-state index in [-0.39, 0.29) is 0 Å². The second-order valence-electron chi connectivity index (χ2n) is 20.7. The zero-order valence-electron chi connectivity index (χ0n) is 41.9. The van der Waals surface area contributed by atoms with Gasteiger partial charge < -0.3 is 33.3 Å². The second-order valence-corrected chi connectivity index (χ2v) is 20.7. The van der Waals surface area contributed by atoms with E-state index in [2.05, 4.69) is 168 Å². The molecule has 8 bridgehead atoms. The maximum Gasteiger partial charge on any atom is 0.128 e. The first-order chi connectivity index (χ1) is 32.4. The predicted octanol–water partition coefficient (Wildman–Crippen LogP) is 11.7. The average molecular weight is 907 g/mol. The number of nitrogens with zero attached hydrogens (tertiary/aromatic N) is 4. The SMILES string of the molecule is CCCCCCCCCCCCOc1ccc(-c2c3nc(cc4ccc([nH]4)c(-c4ccc(OCCC[N+](C)(C)CCC[NH+](C)CC[N+](C)(C)C)cc4)c4nc(cc5ccc2[nH]5)C=C4)C=C3)cc1. The number of hydrogen-bond donors (Lipinski definition) is 3. The predicted molar refractivity (Wildman–Crippen MR) is 283 cm³/mol. The van der Waals surface area contributed by atoms with Crippen molar-refractivity contribution >= 4 is 46.4 Å². The monoisotopic (exact) mass is 907 g/mol. The highest BCUT2D eigenvalue weighted by Gasteiger charge is 2.18. The Labute approximate surface area is 401 Å². The van der Waals surface area contributed by atoms with Crippen molar-refractivity contribution in [1.29, 1.82) is 0 Å². The molecule has 0 spiro atoms.